The number of halogens is 2. The summed E-state index contributed by atoms with van der Waals surface area (Å²) in [4.78, 5) is 2.49. The molecule has 0 saturated carbocycles. The normalized spacial score (nSPS) is 24.9. The molecular formula is C11H20BrClN4. The number of likely N-dealkylation sites (tertiary alicyclic amines) is 1. The monoisotopic (exact) mass is 322 g/mol. The zero-order chi connectivity index (χ0) is 11.7. The number of aryl methyl sites for hydroxylation is 1. The highest BCUT2D eigenvalue weighted by atomic mass is 79.9. The van der Waals surface area contributed by atoms with E-state index in [1.54, 1.807) is 0 Å². The average Bonchev–Trinajstić information content (AvgIpc) is 2.76. The third-order valence-corrected chi connectivity index (χ3v) is 4.15. The van der Waals surface area contributed by atoms with Crippen molar-refractivity contribution in [2.75, 3.05) is 13.1 Å². The molecule has 2 atom stereocenters. The van der Waals surface area contributed by atoms with Crippen molar-refractivity contribution in [3.8, 4) is 0 Å². The van der Waals surface area contributed by atoms with E-state index in [2.05, 4.69) is 32.9 Å². The smallest absolute Gasteiger partial charge is 0.0663 e. The van der Waals surface area contributed by atoms with Crippen molar-refractivity contribution in [1.82, 2.24) is 14.7 Å². The van der Waals surface area contributed by atoms with Crippen LogP contribution in [0.4, 0.5) is 0 Å². The second-order valence-electron chi connectivity index (χ2n) is 4.68. The molecule has 1 fully saturated rings. The van der Waals surface area contributed by atoms with Crippen molar-refractivity contribution >= 4 is 28.3 Å². The Balaban J connectivity index is 0.00000144. The quantitative estimate of drug-likeness (QED) is 0.922. The van der Waals surface area contributed by atoms with E-state index >= 15 is 0 Å². The Kier molecular flexibility index (Phi) is 5.44. The minimum atomic E-state index is 0. The summed E-state index contributed by atoms with van der Waals surface area (Å²) in [6, 6.07) is 0.621. The fraction of sp³-hybridized carbons (Fsp3) is 0.727. The molecule has 2 heterocycles. The van der Waals surface area contributed by atoms with Crippen LogP contribution < -0.4 is 5.73 Å². The van der Waals surface area contributed by atoms with Crippen molar-refractivity contribution < 1.29 is 0 Å². The first-order valence-electron chi connectivity index (χ1n) is 5.72. The van der Waals surface area contributed by atoms with Crippen LogP contribution >= 0.6 is 28.3 Å². The molecule has 1 aromatic rings. The van der Waals surface area contributed by atoms with E-state index in [0.717, 1.165) is 24.1 Å². The molecule has 2 rings (SSSR count). The van der Waals surface area contributed by atoms with Crippen LogP contribution in [0.5, 0.6) is 0 Å². The predicted molar refractivity (Wildman–Crippen MR) is 75.2 cm³/mol. The Morgan fingerprint density at radius 1 is 1.59 bits per heavy atom. The van der Waals surface area contributed by atoms with Crippen molar-refractivity contribution in [2.24, 2.45) is 18.7 Å². The van der Waals surface area contributed by atoms with E-state index in [0.29, 0.717) is 12.0 Å². The minimum Gasteiger partial charge on any atom is -0.330 e. The lowest BCUT2D eigenvalue weighted by molar-refractivity contribution is 0.248. The van der Waals surface area contributed by atoms with Gasteiger partial charge in [0.15, 0.2) is 0 Å². The summed E-state index contributed by atoms with van der Waals surface area (Å²) in [6.07, 6.45) is 3.07. The van der Waals surface area contributed by atoms with Gasteiger partial charge in [-0.1, -0.05) is 0 Å². The predicted octanol–water partition coefficient (Wildman–Crippen LogP) is 1.77. The zero-order valence-corrected chi connectivity index (χ0v) is 12.7. The van der Waals surface area contributed by atoms with Crippen molar-refractivity contribution in [1.29, 1.82) is 0 Å². The van der Waals surface area contributed by atoms with Crippen LogP contribution in [-0.2, 0) is 13.6 Å². The van der Waals surface area contributed by atoms with E-state index < -0.39 is 0 Å². The molecule has 0 aromatic carbocycles. The number of nitrogens with two attached hydrogens (primary N) is 1. The largest absolute Gasteiger partial charge is 0.330 e. The SMILES string of the molecule is CC1CC(CN)CN1Cc1c(Br)cnn1C.Cl. The summed E-state index contributed by atoms with van der Waals surface area (Å²) in [5, 5.41) is 4.24. The highest BCUT2D eigenvalue weighted by molar-refractivity contribution is 9.10. The topological polar surface area (TPSA) is 47.1 Å². The molecule has 0 aliphatic carbocycles. The summed E-state index contributed by atoms with van der Waals surface area (Å²) in [6.45, 7) is 5.14. The molecule has 2 unspecified atom stereocenters. The molecule has 17 heavy (non-hydrogen) atoms. The number of nitrogens with zero attached hydrogens (tertiary/aromatic N) is 3. The lowest BCUT2D eigenvalue weighted by Gasteiger charge is -2.21. The van der Waals surface area contributed by atoms with Crippen LogP contribution in [0.15, 0.2) is 10.7 Å². The van der Waals surface area contributed by atoms with Crippen molar-refractivity contribution in [3.63, 3.8) is 0 Å². The molecule has 4 nitrogen and oxygen atoms in total. The fourth-order valence-corrected chi connectivity index (χ4v) is 2.89. The molecule has 1 aromatic heterocycles. The maximum absolute atomic E-state index is 5.74. The molecule has 98 valence electrons. The summed E-state index contributed by atoms with van der Waals surface area (Å²) >= 11 is 3.54. The Labute approximate surface area is 117 Å². The number of hydrogen-bond acceptors (Lipinski definition) is 3. The van der Waals surface area contributed by atoms with Gasteiger partial charge >= 0.3 is 0 Å². The third kappa shape index (κ3) is 3.22. The lowest BCUT2D eigenvalue weighted by Crippen LogP contribution is -2.28. The Morgan fingerprint density at radius 2 is 2.29 bits per heavy atom. The van der Waals surface area contributed by atoms with Crippen LogP contribution in [0.2, 0.25) is 0 Å². The molecule has 6 heteroatoms. The molecule has 0 amide bonds. The molecular weight excluding hydrogens is 304 g/mol. The minimum absolute atomic E-state index is 0. The maximum atomic E-state index is 5.74. The van der Waals surface area contributed by atoms with Crippen LogP contribution in [0.3, 0.4) is 0 Å². The summed E-state index contributed by atoms with van der Waals surface area (Å²) < 4.78 is 3.03. The molecule has 0 radical (unpaired) electrons. The van der Waals surface area contributed by atoms with Gasteiger partial charge in [-0.3, -0.25) is 9.58 Å². The van der Waals surface area contributed by atoms with E-state index in [4.69, 9.17) is 5.73 Å². The molecule has 0 bridgehead atoms. The van der Waals surface area contributed by atoms with Gasteiger partial charge in [-0.25, -0.2) is 0 Å². The zero-order valence-electron chi connectivity index (χ0n) is 10.3. The van der Waals surface area contributed by atoms with E-state index in [1.165, 1.54) is 12.1 Å². The third-order valence-electron chi connectivity index (χ3n) is 3.49. The Hall–Kier alpha value is -0.100. The van der Waals surface area contributed by atoms with Gasteiger partial charge in [0.1, 0.15) is 0 Å². The van der Waals surface area contributed by atoms with Gasteiger partial charge in [-0.2, -0.15) is 5.10 Å². The highest BCUT2D eigenvalue weighted by Crippen LogP contribution is 2.26. The molecule has 1 saturated heterocycles. The van der Waals surface area contributed by atoms with Crippen LogP contribution in [0.1, 0.15) is 19.0 Å². The maximum Gasteiger partial charge on any atom is 0.0663 e. The van der Waals surface area contributed by atoms with Crippen LogP contribution in [0, 0.1) is 5.92 Å². The second kappa shape index (κ2) is 6.18. The molecule has 2 N–H and O–H groups in total. The first kappa shape index (κ1) is 15.0. The number of rotatable bonds is 3. The summed E-state index contributed by atoms with van der Waals surface area (Å²) in [7, 11) is 1.99. The Bertz CT molecular complexity index is 349. The van der Waals surface area contributed by atoms with Gasteiger partial charge in [-0.05, 0) is 41.7 Å². The fourth-order valence-electron chi connectivity index (χ4n) is 2.42. The first-order chi connectivity index (χ1) is 7.61. The number of hydrogen-bond donors (Lipinski definition) is 1. The van der Waals surface area contributed by atoms with Gasteiger partial charge in [0.05, 0.1) is 16.4 Å². The van der Waals surface area contributed by atoms with Gasteiger partial charge in [0.2, 0.25) is 0 Å². The molecule has 1 aliphatic rings. The van der Waals surface area contributed by atoms with Crippen LogP contribution in [0.25, 0.3) is 0 Å². The van der Waals surface area contributed by atoms with E-state index in [1.807, 2.05) is 17.9 Å². The highest BCUT2D eigenvalue weighted by Gasteiger charge is 2.28. The first-order valence-corrected chi connectivity index (χ1v) is 6.51. The van der Waals surface area contributed by atoms with Crippen LogP contribution in [-0.4, -0.2) is 33.8 Å². The summed E-state index contributed by atoms with van der Waals surface area (Å²) in [5.74, 6) is 0.655. The lowest BCUT2D eigenvalue weighted by atomic mass is 10.1. The van der Waals surface area contributed by atoms with Gasteiger partial charge in [-0.15, -0.1) is 12.4 Å². The molecule has 0 spiro atoms. The van der Waals surface area contributed by atoms with Gasteiger partial charge < -0.3 is 5.73 Å². The average molecular weight is 324 g/mol. The van der Waals surface area contributed by atoms with Crippen molar-refractivity contribution in [3.05, 3.63) is 16.4 Å². The van der Waals surface area contributed by atoms with E-state index in [9.17, 15) is 0 Å². The van der Waals surface area contributed by atoms with Gasteiger partial charge in [0.25, 0.3) is 0 Å². The Morgan fingerprint density at radius 3 is 2.76 bits per heavy atom. The standard InChI is InChI=1S/C11H19BrN4.ClH/c1-8-3-9(4-13)6-16(8)7-11-10(12)5-14-15(11)2;/h5,8-9H,3-4,6-7,13H2,1-2H3;1H. The van der Waals surface area contributed by atoms with E-state index in [-0.39, 0.29) is 12.4 Å². The number of aromatic nitrogens is 2. The molecule has 1 aliphatic heterocycles. The van der Waals surface area contributed by atoms with Gasteiger partial charge in [0, 0.05) is 26.2 Å². The van der Waals surface area contributed by atoms with Crippen molar-refractivity contribution in [2.45, 2.75) is 25.9 Å². The summed E-state index contributed by atoms with van der Waals surface area (Å²) in [5.41, 5.74) is 6.98. The second-order valence-corrected chi connectivity index (χ2v) is 5.53.